The van der Waals surface area contributed by atoms with Gasteiger partial charge < -0.3 is 4.74 Å². The second kappa shape index (κ2) is 12.9. The molecule has 2 nitrogen and oxygen atoms in total. The third-order valence-corrected chi connectivity index (χ3v) is 6.96. The van der Waals surface area contributed by atoms with Crippen LogP contribution in [0.2, 0.25) is 0 Å². The van der Waals surface area contributed by atoms with Gasteiger partial charge in [0, 0.05) is 12.2 Å². The van der Waals surface area contributed by atoms with Gasteiger partial charge in [-0.25, -0.2) is 4.58 Å². The molecular formula is C36H38NO+. The van der Waals surface area contributed by atoms with Gasteiger partial charge >= 0.3 is 0 Å². The molecule has 0 aliphatic heterocycles. The summed E-state index contributed by atoms with van der Waals surface area (Å²) < 4.78 is 7.77. The van der Waals surface area contributed by atoms with E-state index in [-0.39, 0.29) is 0 Å². The summed E-state index contributed by atoms with van der Waals surface area (Å²) in [5, 5.41) is 0. The van der Waals surface area contributed by atoms with E-state index in [2.05, 4.69) is 135 Å². The zero-order chi connectivity index (χ0) is 26.9. The van der Waals surface area contributed by atoms with E-state index in [0.29, 0.717) is 0 Å². The molecule has 3 aromatic carbocycles. The zero-order valence-electron chi connectivity index (χ0n) is 23.2. The summed E-state index contributed by atoms with van der Waals surface area (Å²) in [5.41, 5.74) is 10.9. The Morgan fingerprint density at radius 3 is 1.66 bits per heavy atom. The first kappa shape index (κ1) is 26.9. The number of allylic oxidation sites excluding steroid dienone is 9. The fourth-order valence-corrected chi connectivity index (χ4v) is 4.64. The van der Waals surface area contributed by atoms with Gasteiger partial charge in [0.25, 0.3) is 0 Å². The van der Waals surface area contributed by atoms with Crippen LogP contribution in [0.25, 0.3) is 11.1 Å². The first-order valence-corrected chi connectivity index (χ1v) is 13.4. The molecule has 1 aliphatic rings. The molecule has 0 aromatic heterocycles. The SMILES string of the molecule is CC[N+](CC)=C1C=CC(=C(C=CC=C(c2ccc(C)cc2)c2ccc(C)cc2)c2ccc(OC)cc2)C=C1. The van der Waals surface area contributed by atoms with Crippen molar-refractivity contribution in [1.82, 2.24) is 0 Å². The first-order valence-electron chi connectivity index (χ1n) is 13.4. The highest BCUT2D eigenvalue weighted by Crippen LogP contribution is 2.28. The van der Waals surface area contributed by atoms with E-state index in [9.17, 15) is 0 Å². The molecule has 4 rings (SSSR count). The molecular weight excluding hydrogens is 462 g/mol. The summed E-state index contributed by atoms with van der Waals surface area (Å²) in [5.74, 6) is 0.856. The highest BCUT2D eigenvalue weighted by atomic mass is 16.5. The topological polar surface area (TPSA) is 12.2 Å². The zero-order valence-corrected chi connectivity index (χ0v) is 23.2. The number of ether oxygens (including phenoxy) is 1. The summed E-state index contributed by atoms with van der Waals surface area (Å²) in [6.45, 7) is 10.6. The van der Waals surface area contributed by atoms with Crippen LogP contribution in [0, 0.1) is 13.8 Å². The normalized spacial score (nSPS) is 12.7. The number of hydrogen-bond donors (Lipinski definition) is 0. The second-order valence-electron chi connectivity index (χ2n) is 9.53. The quantitative estimate of drug-likeness (QED) is 0.223. The van der Waals surface area contributed by atoms with Crippen LogP contribution < -0.4 is 4.74 Å². The molecule has 1 aliphatic carbocycles. The van der Waals surface area contributed by atoms with Crippen LogP contribution in [0.3, 0.4) is 0 Å². The number of benzene rings is 3. The molecule has 0 radical (unpaired) electrons. The lowest BCUT2D eigenvalue weighted by Crippen LogP contribution is -2.19. The highest BCUT2D eigenvalue weighted by Gasteiger charge is 2.12. The maximum absolute atomic E-state index is 5.41. The monoisotopic (exact) mass is 500 g/mol. The molecule has 0 spiro atoms. The molecule has 0 fully saturated rings. The Kier molecular flexibility index (Phi) is 9.11. The largest absolute Gasteiger partial charge is 0.497 e. The lowest BCUT2D eigenvalue weighted by Gasteiger charge is -2.11. The Morgan fingerprint density at radius 1 is 0.684 bits per heavy atom. The standard InChI is InChI=1S/C36H38NO/c1-6-37(7-2)33-23-19-31(20-24-33)36(32-21-25-34(38-5)26-22-32)10-8-9-35(29-15-11-27(3)12-16-29)30-17-13-28(4)14-18-30/h8-26H,6-7H2,1-5H3/q+1. The summed E-state index contributed by atoms with van der Waals surface area (Å²) >= 11 is 0. The Hall–Kier alpha value is -4.17. The lowest BCUT2D eigenvalue weighted by atomic mass is 9.94. The van der Waals surface area contributed by atoms with Gasteiger partial charge in [-0.1, -0.05) is 90.0 Å². The summed E-state index contributed by atoms with van der Waals surface area (Å²) in [4.78, 5) is 0. The second-order valence-corrected chi connectivity index (χ2v) is 9.53. The fraction of sp³-hybridized carbons (Fsp3) is 0.194. The Bertz CT molecular complexity index is 1350. The van der Waals surface area contributed by atoms with Crippen LogP contribution in [0.5, 0.6) is 5.75 Å². The number of aryl methyl sites for hydroxylation is 2. The van der Waals surface area contributed by atoms with Crippen LogP contribution in [-0.4, -0.2) is 30.5 Å². The van der Waals surface area contributed by atoms with Crippen LogP contribution in [-0.2, 0) is 0 Å². The molecule has 38 heavy (non-hydrogen) atoms. The van der Waals surface area contributed by atoms with Crippen molar-refractivity contribution in [3.63, 3.8) is 0 Å². The smallest absolute Gasteiger partial charge is 0.199 e. The van der Waals surface area contributed by atoms with Crippen molar-refractivity contribution >= 4 is 16.9 Å². The third-order valence-electron chi connectivity index (χ3n) is 6.96. The van der Waals surface area contributed by atoms with E-state index >= 15 is 0 Å². The number of nitrogens with zero attached hydrogens (tertiary/aromatic N) is 1. The summed E-state index contributed by atoms with van der Waals surface area (Å²) in [7, 11) is 1.70. The van der Waals surface area contributed by atoms with Gasteiger partial charge in [-0.05, 0) is 85.4 Å². The molecule has 2 heteroatoms. The predicted octanol–water partition coefficient (Wildman–Crippen LogP) is 8.37. The van der Waals surface area contributed by atoms with Gasteiger partial charge in [-0.2, -0.15) is 0 Å². The van der Waals surface area contributed by atoms with E-state index in [4.69, 9.17) is 4.74 Å². The number of hydrogen-bond acceptors (Lipinski definition) is 1. The van der Waals surface area contributed by atoms with Crippen LogP contribution in [0.15, 0.2) is 121 Å². The predicted molar refractivity (Wildman–Crippen MR) is 163 cm³/mol. The van der Waals surface area contributed by atoms with Crippen molar-refractivity contribution in [3.8, 4) is 5.75 Å². The first-order chi connectivity index (χ1) is 18.5. The number of rotatable bonds is 8. The van der Waals surface area contributed by atoms with Gasteiger partial charge in [0.1, 0.15) is 18.8 Å². The molecule has 0 saturated heterocycles. The van der Waals surface area contributed by atoms with E-state index in [1.807, 2.05) is 12.1 Å². The van der Waals surface area contributed by atoms with E-state index in [1.54, 1.807) is 7.11 Å². The van der Waals surface area contributed by atoms with Crippen LogP contribution in [0.1, 0.15) is 41.7 Å². The average Bonchev–Trinajstić information content (AvgIpc) is 2.96. The number of methoxy groups -OCH3 is 1. The van der Waals surface area contributed by atoms with E-state index in [0.717, 1.165) is 24.4 Å². The van der Waals surface area contributed by atoms with Gasteiger partial charge in [-0.3, -0.25) is 0 Å². The van der Waals surface area contributed by atoms with Gasteiger partial charge in [0.15, 0.2) is 5.71 Å². The summed E-state index contributed by atoms with van der Waals surface area (Å²) in [6.07, 6.45) is 15.5. The third kappa shape index (κ3) is 6.58. The average molecular weight is 501 g/mol. The van der Waals surface area contributed by atoms with E-state index < -0.39 is 0 Å². The van der Waals surface area contributed by atoms with Crippen molar-refractivity contribution in [1.29, 1.82) is 0 Å². The Morgan fingerprint density at radius 2 is 1.18 bits per heavy atom. The molecule has 0 unspecified atom stereocenters. The minimum atomic E-state index is 0.856. The molecule has 0 atom stereocenters. The molecule has 0 heterocycles. The van der Waals surface area contributed by atoms with Crippen molar-refractivity contribution in [3.05, 3.63) is 149 Å². The molecule has 0 saturated carbocycles. The van der Waals surface area contributed by atoms with Gasteiger partial charge in [0.2, 0.25) is 0 Å². The minimum absolute atomic E-state index is 0.856. The van der Waals surface area contributed by atoms with Gasteiger partial charge in [-0.15, -0.1) is 0 Å². The molecule has 0 N–H and O–H groups in total. The molecule has 0 amide bonds. The van der Waals surface area contributed by atoms with Crippen molar-refractivity contribution in [2.75, 3.05) is 20.2 Å². The van der Waals surface area contributed by atoms with Crippen molar-refractivity contribution in [2.45, 2.75) is 27.7 Å². The lowest BCUT2D eigenvalue weighted by molar-refractivity contribution is -0.519. The highest BCUT2D eigenvalue weighted by molar-refractivity contribution is 6.03. The molecule has 3 aromatic rings. The fourth-order valence-electron chi connectivity index (χ4n) is 4.64. The Labute approximate surface area is 228 Å². The van der Waals surface area contributed by atoms with Crippen molar-refractivity contribution < 1.29 is 9.31 Å². The Balaban J connectivity index is 1.78. The minimum Gasteiger partial charge on any atom is -0.497 e. The molecule has 0 bridgehead atoms. The van der Waals surface area contributed by atoms with E-state index in [1.165, 1.54) is 44.7 Å². The summed E-state index contributed by atoms with van der Waals surface area (Å²) in [6, 6.07) is 25.8. The maximum Gasteiger partial charge on any atom is 0.199 e. The van der Waals surface area contributed by atoms with Crippen LogP contribution >= 0.6 is 0 Å². The van der Waals surface area contributed by atoms with Crippen LogP contribution in [0.4, 0.5) is 0 Å². The maximum atomic E-state index is 5.41. The van der Waals surface area contributed by atoms with Gasteiger partial charge in [0.05, 0.1) is 7.11 Å². The van der Waals surface area contributed by atoms with Crippen molar-refractivity contribution in [2.24, 2.45) is 0 Å². The molecule has 192 valence electrons.